The van der Waals surface area contributed by atoms with Crippen molar-refractivity contribution in [2.24, 2.45) is 0 Å². The molecule has 0 saturated heterocycles. The molecule has 0 atom stereocenters. The summed E-state index contributed by atoms with van der Waals surface area (Å²) >= 11 is 0. The fourth-order valence-electron chi connectivity index (χ4n) is 1.59. The molecule has 0 unspecified atom stereocenters. The van der Waals surface area contributed by atoms with Crippen molar-refractivity contribution >= 4 is 12.6 Å². The smallest absolute Gasteiger partial charge is 0.491 e. The van der Waals surface area contributed by atoms with E-state index in [9.17, 15) is 0 Å². The molecule has 2 rings (SSSR count). The highest BCUT2D eigenvalue weighted by atomic mass is 16.5. The molecule has 17 heavy (non-hydrogen) atoms. The number of aromatic nitrogens is 2. The summed E-state index contributed by atoms with van der Waals surface area (Å²) in [5.41, 5.74) is 1.83. The fourth-order valence-corrected chi connectivity index (χ4v) is 1.59. The van der Waals surface area contributed by atoms with Gasteiger partial charge in [-0.25, -0.2) is 4.68 Å². The minimum Gasteiger partial charge on any atom is -0.497 e. The van der Waals surface area contributed by atoms with Crippen molar-refractivity contribution in [2.45, 2.75) is 6.92 Å². The Hall–Kier alpha value is -1.79. The Morgan fingerprint density at radius 2 is 1.88 bits per heavy atom. The highest BCUT2D eigenvalue weighted by Crippen LogP contribution is 2.14. The quantitative estimate of drug-likeness (QED) is 0.723. The van der Waals surface area contributed by atoms with Gasteiger partial charge in [-0.05, 0) is 31.2 Å². The van der Waals surface area contributed by atoms with Crippen molar-refractivity contribution < 1.29 is 14.8 Å². The zero-order valence-electron chi connectivity index (χ0n) is 9.66. The molecule has 0 spiro atoms. The molecule has 6 heteroatoms. The lowest BCUT2D eigenvalue weighted by Gasteiger charge is -2.03. The lowest BCUT2D eigenvalue weighted by atomic mass is 9.81. The van der Waals surface area contributed by atoms with Crippen LogP contribution in [0.2, 0.25) is 0 Å². The lowest BCUT2D eigenvalue weighted by molar-refractivity contribution is 0.414. The van der Waals surface area contributed by atoms with Gasteiger partial charge in [-0.15, -0.1) is 0 Å². The summed E-state index contributed by atoms with van der Waals surface area (Å²) in [5, 5.41) is 22.5. The Morgan fingerprint density at radius 3 is 2.35 bits per heavy atom. The maximum Gasteiger partial charge on any atom is 0.491 e. The van der Waals surface area contributed by atoms with Gasteiger partial charge in [0.15, 0.2) is 0 Å². The number of aryl methyl sites for hydroxylation is 1. The van der Waals surface area contributed by atoms with Crippen molar-refractivity contribution in [3.63, 3.8) is 0 Å². The van der Waals surface area contributed by atoms with Crippen LogP contribution in [0.15, 0.2) is 30.5 Å². The van der Waals surface area contributed by atoms with E-state index in [1.54, 1.807) is 24.9 Å². The van der Waals surface area contributed by atoms with Crippen LogP contribution in [0.5, 0.6) is 5.75 Å². The molecule has 88 valence electrons. The number of hydrogen-bond donors (Lipinski definition) is 2. The number of hydrogen-bond acceptors (Lipinski definition) is 4. The second-order valence-electron chi connectivity index (χ2n) is 3.69. The molecule has 0 aliphatic heterocycles. The molecule has 1 aromatic carbocycles. The van der Waals surface area contributed by atoms with E-state index in [4.69, 9.17) is 14.8 Å². The van der Waals surface area contributed by atoms with Gasteiger partial charge in [-0.1, -0.05) is 0 Å². The first-order valence-corrected chi connectivity index (χ1v) is 5.18. The molecule has 0 aliphatic carbocycles. The van der Waals surface area contributed by atoms with Crippen LogP contribution in [0, 0.1) is 6.92 Å². The molecule has 0 fully saturated rings. The van der Waals surface area contributed by atoms with Gasteiger partial charge in [0.25, 0.3) is 0 Å². The summed E-state index contributed by atoms with van der Waals surface area (Å²) in [6, 6.07) is 7.33. The third-order valence-electron chi connectivity index (χ3n) is 2.55. The van der Waals surface area contributed by atoms with Gasteiger partial charge >= 0.3 is 7.12 Å². The largest absolute Gasteiger partial charge is 0.497 e. The highest BCUT2D eigenvalue weighted by Gasteiger charge is 2.17. The predicted molar refractivity (Wildman–Crippen MR) is 64.7 cm³/mol. The van der Waals surface area contributed by atoms with Crippen LogP contribution in [0.4, 0.5) is 0 Å². The van der Waals surface area contributed by atoms with Gasteiger partial charge < -0.3 is 14.8 Å². The third kappa shape index (κ3) is 2.32. The minimum atomic E-state index is -1.50. The Kier molecular flexibility index (Phi) is 3.17. The summed E-state index contributed by atoms with van der Waals surface area (Å²) in [6.45, 7) is 1.73. The Balaban J connectivity index is 2.36. The van der Waals surface area contributed by atoms with Gasteiger partial charge in [0.2, 0.25) is 0 Å². The average molecular weight is 232 g/mol. The van der Waals surface area contributed by atoms with Crippen LogP contribution in [0.3, 0.4) is 0 Å². The molecular weight excluding hydrogens is 219 g/mol. The van der Waals surface area contributed by atoms with Crippen LogP contribution >= 0.6 is 0 Å². The molecule has 1 heterocycles. The Bertz CT molecular complexity index is 508. The maximum absolute atomic E-state index is 9.13. The first-order chi connectivity index (χ1) is 8.11. The molecule has 5 nitrogen and oxygen atoms in total. The standard InChI is InChI=1S/C11H13BN2O3/c1-8-11(12(15)16)7-14(13-8)9-3-5-10(17-2)6-4-9/h3-7,15-16H,1-2H3. The molecular formula is C11H13BN2O3. The summed E-state index contributed by atoms with van der Waals surface area (Å²) in [7, 11) is 0.106. The van der Waals surface area contributed by atoms with Gasteiger partial charge in [-0.2, -0.15) is 5.10 Å². The first kappa shape index (κ1) is 11.7. The van der Waals surface area contributed by atoms with E-state index in [0.29, 0.717) is 11.2 Å². The number of ether oxygens (including phenoxy) is 1. The monoisotopic (exact) mass is 232 g/mol. The molecule has 0 saturated carbocycles. The second kappa shape index (κ2) is 4.61. The van der Waals surface area contributed by atoms with E-state index in [-0.39, 0.29) is 0 Å². The predicted octanol–water partition coefficient (Wildman–Crippen LogP) is -0.131. The van der Waals surface area contributed by atoms with Gasteiger partial charge in [-0.3, -0.25) is 0 Å². The molecule has 0 aliphatic rings. The minimum absolute atomic E-state index is 0.404. The summed E-state index contributed by atoms with van der Waals surface area (Å²) in [6.07, 6.45) is 1.60. The van der Waals surface area contributed by atoms with Crippen LogP contribution in [0.1, 0.15) is 5.69 Å². The van der Waals surface area contributed by atoms with Crippen LogP contribution in [0.25, 0.3) is 5.69 Å². The lowest BCUT2D eigenvalue weighted by Crippen LogP contribution is -2.30. The molecule has 1 aromatic heterocycles. The summed E-state index contributed by atoms with van der Waals surface area (Å²) < 4.78 is 6.66. The second-order valence-corrected chi connectivity index (χ2v) is 3.69. The van der Waals surface area contributed by atoms with Gasteiger partial charge in [0.05, 0.1) is 18.5 Å². The Morgan fingerprint density at radius 1 is 1.24 bits per heavy atom. The van der Waals surface area contributed by atoms with E-state index in [1.165, 1.54) is 0 Å². The third-order valence-corrected chi connectivity index (χ3v) is 2.55. The van der Waals surface area contributed by atoms with E-state index < -0.39 is 7.12 Å². The SMILES string of the molecule is COc1ccc(-n2cc(B(O)O)c(C)n2)cc1. The van der Waals surface area contributed by atoms with Gasteiger partial charge in [0.1, 0.15) is 5.75 Å². The maximum atomic E-state index is 9.13. The number of rotatable bonds is 3. The molecule has 0 amide bonds. The normalized spacial score (nSPS) is 10.4. The summed E-state index contributed by atoms with van der Waals surface area (Å²) in [4.78, 5) is 0. The van der Waals surface area contributed by atoms with Gasteiger partial charge in [0, 0.05) is 11.7 Å². The van der Waals surface area contributed by atoms with E-state index >= 15 is 0 Å². The average Bonchev–Trinajstić information content (AvgIpc) is 2.71. The molecule has 2 aromatic rings. The van der Waals surface area contributed by atoms with E-state index in [2.05, 4.69) is 5.10 Å². The van der Waals surface area contributed by atoms with Crippen molar-refractivity contribution in [1.82, 2.24) is 9.78 Å². The van der Waals surface area contributed by atoms with Crippen LogP contribution in [-0.4, -0.2) is 34.1 Å². The molecule has 0 radical (unpaired) electrons. The zero-order valence-corrected chi connectivity index (χ0v) is 9.66. The van der Waals surface area contributed by atoms with Crippen molar-refractivity contribution in [2.75, 3.05) is 7.11 Å². The number of methoxy groups -OCH3 is 1. The van der Waals surface area contributed by atoms with Crippen molar-refractivity contribution in [3.8, 4) is 11.4 Å². The topological polar surface area (TPSA) is 67.5 Å². The zero-order chi connectivity index (χ0) is 12.4. The van der Waals surface area contributed by atoms with Crippen LogP contribution in [-0.2, 0) is 0 Å². The molecule has 2 N–H and O–H groups in total. The van der Waals surface area contributed by atoms with Crippen LogP contribution < -0.4 is 10.2 Å². The highest BCUT2D eigenvalue weighted by molar-refractivity contribution is 6.59. The van der Waals surface area contributed by atoms with Crippen molar-refractivity contribution in [3.05, 3.63) is 36.2 Å². The number of benzene rings is 1. The van der Waals surface area contributed by atoms with E-state index in [1.807, 2.05) is 24.3 Å². The number of nitrogens with zero attached hydrogens (tertiary/aromatic N) is 2. The fraction of sp³-hybridized carbons (Fsp3) is 0.182. The van der Waals surface area contributed by atoms with E-state index in [0.717, 1.165) is 11.4 Å². The van der Waals surface area contributed by atoms with Crippen molar-refractivity contribution in [1.29, 1.82) is 0 Å². The summed E-state index contributed by atoms with van der Waals surface area (Å²) in [5.74, 6) is 0.764. The first-order valence-electron chi connectivity index (χ1n) is 5.18. The Labute approximate surface area is 99.4 Å². The molecule has 0 bridgehead atoms.